The Morgan fingerprint density at radius 2 is 1.89 bits per heavy atom. The fraction of sp³-hybridized carbons (Fsp3) is 0.364. The monoisotopic (exact) mass is 493 g/mol. The normalized spacial score (nSPS) is 11.8. The highest BCUT2D eigenvalue weighted by atomic mass is 19.4. The van der Waals surface area contributed by atoms with E-state index in [4.69, 9.17) is 4.74 Å². The number of nitro groups is 1. The van der Waals surface area contributed by atoms with Gasteiger partial charge in [0, 0.05) is 17.8 Å². The number of anilines is 1. The molecule has 35 heavy (non-hydrogen) atoms. The highest BCUT2D eigenvalue weighted by Gasteiger charge is 2.33. The zero-order valence-corrected chi connectivity index (χ0v) is 19.2. The number of hydrogen-bond acceptors (Lipinski definition) is 7. The Hall–Kier alpha value is -4.03. The molecular weight excluding hydrogens is 471 g/mol. The van der Waals surface area contributed by atoms with E-state index in [0.717, 1.165) is 6.07 Å². The molecule has 3 aromatic rings. The molecule has 0 aliphatic rings. The maximum Gasteiger partial charge on any atom is 0.416 e. The van der Waals surface area contributed by atoms with E-state index in [1.54, 1.807) is 10.7 Å². The molecule has 1 amide bonds. The van der Waals surface area contributed by atoms with Crippen LogP contribution in [0.4, 0.5) is 24.5 Å². The Morgan fingerprint density at radius 3 is 2.46 bits per heavy atom. The van der Waals surface area contributed by atoms with Crippen molar-refractivity contribution in [3.8, 4) is 0 Å². The van der Waals surface area contributed by atoms with Gasteiger partial charge in [-0.25, -0.2) is 14.5 Å². The minimum absolute atomic E-state index is 0.0232. The van der Waals surface area contributed by atoms with E-state index in [0.29, 0.717) is 28.9 Å². The average Bonchev–Trinajstić information content (AvgIpc) is 3.20. The van der Waals surface area contributed by atoms with Gasteiger partial charge in [-0.1, -0.05) is 13.8 Å². The van der Waals surface area contributed by atoms with E-state index in [1.165, 1.54) is 6.20 Å². The number of nitrogens with zero attached hydrogens (tertiary/aromatic N) is 4. The van der Waals surface area contributed by atoms with Gasteiger partial charge in [-0.3, -0.25) is 14.9 Å². The van der Waals surface area contributed by atoms with Crippen LogP contribution in [0.15, 0.2) is 30.5 Å². The Morgan fingerprint density at radius 1 is 1.20 bits per heavy atom. The third-order valence-electron chi connectivity index (χ3n) is 5.02. The number of amides is 1. The van der Waals surface area contributed by atoms with Crippen LogP contribution >= 0.6 is 0 Å². The van der Waals surface area contributed by atoms with E-state index >= 15 is 0 Å². The standard InChI is InChI=1S/C22H22F3N5O5/c1-11(2)17-8-14(15-9-26-29(12(3)4)20(15)28-17)21(32)35-10-19(31)27-16-6-5-13(22(23,24)25)7-18(16)30(33)34/h5-9,11-12H,10H2,1-4H3,(H,27,31). The number of pyridine rings is 1. The summed E-state index contributed by atoms with van der Waals surface area (Å²) < 4.78 is 45.3. The van der Waals surface area contributed by atoms with Crippen LogP contribution in [0.2, 0.25) is 0 Å². The molecule has 186 valence electrons. The molecule has 0 unspecified atom stereocenters. The van der Waals surface area contributed by atoms with Gasteiger partial charge in [-0.15, -0.1) is 0 Å². The SMILES string of the molecule is CC(C)c1cc(C(=O)OCC(=O)Nc2ccc(C(F)(F)F)cc2[N+](=O)[O-])c2cnn(C(C)C)c2n1. The lowest BCUT2D eigenvalue weighted by atomic mass is 10.1. The molecule has 0 bridgehead atoms. The first kappa shape index (κ1) is 25.6. The Labute approximate surface area is 197 Å². The van der Waals surface area contributed by atoms with Gasteiger partial charge < -0.3 is 10.1 Å². The van der Waals surface area contributed by atoms with E-state index in [-0.39, 0.29) is 17.5 Å². The number of hydrogen-bond donors (Lipinski definition) is 1. The van der Waals surface area contributed by atoms with Crippen molar-refractivity contribution < 1.29 is 32.4 Å². The number of fused-ring (bicyclic) bond motifs is 1. The second kappa shape index (κ2) is 9.68. The topological polar surface area (TPSA) is 129 Å². The van der Waals surface area contributed by atoms with Gasteiger partial charge in [0.05, 0.1) is 27.6 Å². The quantitative estimate of drug-likeness (QED) is 0.283. The fourth-order valence-electron chi connectivity index (χ4n) is 3.24. The van der Waals surface area contributed by atoms with E-state index < -0.39 is 46.5 Å². The molecule has 0 atom stereocenters. The van der Waals surface area contributed by atoms with Gasteiger partial charge in [0.15, 0.2) is 12.3 Å². The van der Waals surface area contributed by atoms with E-state index in [2.05, 4.69) is 15.4 Å². The third-order valence-corrected chi connectivity index (χ3v) is 5.02. The van der Waals surface area contributed by atoms with Gasteiger partial charge in [0.25, 0.3) is 11.6 Å². The molecule has 1 N–H and O–H groups in total. The maximum atomic E-state index is 12.9. The molecule has 0 aliphatic heterocycles. The molecule has 0 fully saturated rings. The van der Waals surface area contributed by atoms with Crippen LogP contribution in [-0.2, 0) is 15.7 Å². The summed E-state index contributed by atoms with van der Waals surface area (Å²) in [6.45, 7) is 6.77. The van der Waals surface area contributed by atoms with Gasteiger partial charge in [0.1, 0.15) is 5.69 Å². The second-order valence-corrected chi connectivity index (χ2v) is 8.28. The van der Waals surface area contributed by atoms with Crippen molar-refractivity contribution in [2.45, 2.75) is 45.8 Å². The number of ether oxygens (including phenoxy) is 1. The molecule has 0 spiro atoms. The van der Waals surface area contributed by atoms with Crippen LogP contribution in [0.3, 0.4) is 0 Å². The lowest BCUT2D eigenvalue weighted by molar-refractivity contribution is -0.384. The summed E-state index contributed by atoms with van der Waals surface area (Å²) >= 11 is 0. The van der Waals surface area contributed by atoms with Gasteiger partial charge >= 0.3 is 12.1 Å². The van der Waals surface area contributed by atoms with Crippen molar-refractivity contribution >= 4 is 34.3 Å². The number of benzene rings is 1. The van der Waals surface area contributed by atoms with E-state index in [1.807, 2.05) is 27.7 Å². The van der Waals surface area contributed by atoms with Crippen LogP contribution in [-0.4, -0.2) is 38.2 Å². The maximum absolute atomic E-state index is 12.9. The summed E-state index contributed by atoms with van der Waals surface area (Å²) in [5, 5.41) is 18.0. The number of carbonyl (C=O) groups excluding carboxylic acids is 2. The van der Waals surface area contributed by atoms with Crippen LogP contribution in [0.1, 0.15) is 61.3 Å². The lowest BCUT2D eigenvalue weighted by Crippen LogP contribution is -2.22. The Bertz CT molecular complexity index is 1300. The third kappa shape index (κ3) is 5.55. The van der Waals surface area contributed by atoms with Crippen LogP contribution < -0.4 is 5.32 Å². The number of aromatic nitrogens is 3. The first-order chi connectivity index (χ1) is 16.3. The molecular formula is C22H22F3N5O5. The number of esters is 1. The molecule has 1 aromatic carbocycles. The lowest BCUT2D eigenvalue weighted by Gasteiger charge is -2.12. The Balaban J connectivity index is 1.80. The molecule has 0 aliphatic carbocycles. The summed E-state index contributed by atoms with van der Waals surface area (Å²) in [5.74, 6) is -1.84. The first-order valence-corrected chi connectivity index (χ1v) is 10.5. The summed E-state index contributed by atoms with van der Waals surface area (Å²) in [5.41, 5.74) is -1.43. The van der Waals surface area contributed by atoms with Crippen molar-refractivity contribution in [3.05, 3.63) is 57.4 Å². The summed E-state index contributed by atoms with van der Waals surface area (Å²) in [4.78, 5) is 39.8. The summed E-state index contributed by atoms with van der Waals surface area (Å²) in [6.07, 6.45) is -3.33. The zero-order valence-electron chi connectivity index (χ0n) is 19.2. The van der Waals surface area contributed by atoms with Crippen molar-refractivity contribution in [2.24, 2.45) is 0 Å². The van der Waals surface area contributed by atoms with Gasteiger partial charge in [-0.2, -0.15) is 18.3 Å². The number of alkyl halides is 3. The second-order valence-electron chi connectivity index (χ2n) is 8.28. The molecule has 0 radical (unpaired) electrons. The van der Waals surface area contributed by atoms with Crippen molar-refractivity contribution in [1.82, 2.24) is 14.8 Å². The molecule has 2 heterocycles. The van der Waals surface area contributed by atoms with Crippen molar-refractivity contribution in [1.29, 1.82) is 0 Å². The number of nitro benzene ring substituents is 1. The largest absolute Gasteiger partial charge is 0.452 e. The smallest absolute Gasteiger partial charge is 0.416 e. The number of halogens is 3. The van der Waals surface area contributed by atoms with Crippen LogP contribution in [0.25, 0.3) is 11.0 Å². The zero-order chi connectivity index (χ0) is 26.1. The molecule has 13 heteroatoms. The van der Waals surface area contributed by atoms with Crippen LogP contribution in [0, 0.1) is 10.1 Å². The molecule has 2 aromatic heterocycles. The summed E-state index contributed by atoms with van der Waals surface area (Å²) in [6, 6.07) is 3.19. The van der Waals surface area contributed by atoms with Crippen LogP contribution in [0.5, 0.6) is 0 Å². The predicted octanol–water partition coefficient (Wildman–Crippen LogP) is 4.86. The Kier molecular flexibility index (Phi) is 7.08. The van der Waals surface area contributed by atoms with Crippen molar-refractivity contribution in [3.63, 3.8) is 0 Å². The first-order valence-electron chi connectivity index (χ1n) is 10.5. The molecule has 0 saturated carbocycles. The van der Waals surface area contributed by atoms with Gasteiger partial charge in [-0.05, 0) is 38.0 Å². The minimum atomic E-state index is -4.79. The summed E-state index contributed by atoms with van der Waals surface area (Å²) in [7, 11) is 0. The van der Waals surface area contributed by atoms with Crippen molar-refractivity contribution in [2.75, 3.05) is 11.9 Å². The number of nitrogens with one attached hydrogen (secondary N) is 1. The molecule has 0 saturated heterocycles. The fourth-order valence-corrected chi connectivity index (χ4v) is 3.24. The number of carbonyl (C=O) groups is 2. The number of rotatable bonds is 7. The van der Waals surface area contributed by atoms with E-state index in [9.17, 15) is 32.9 Å². The highest BCUT2D eigenvalue weighted by molar-refractivity contribution is 6.04. The predicted molar refractivity (Wildman–Crippen MR) is 119 cm³/mol. The minimum Gasteiger partial charge on any atom is -0.452 e. The van der Waals surface area contributed by atoms with Gasteiger partial charge in [0.2, 0.25) is 0 Å². The molecule has 3 rings (SSSR count). The highest BCUT2D eigenvalue weighted by Crippen LogP contribution is 2.35. The average molecular weight is 493 g/mol. The molecule has 10 nitrogen and oxygen atoms in total.